The van der Waals surface area contributed by atoms with Gasteiger partial charge in [-0.15, -0.1) is 0 Å². The molecule has 0 saturated heterocycles. The highest BCUT2D eigenvalue weighted by atomic mass is 32.1. The van der Waals surface area contributed by atoms with E-state index in [0.717, 1.165) is 16.8 Å². The number of hydrogen-bond donors (Lipinski definition) is 3. The van der Waals surface area contributed by atoms with Gasteiger partial charge in [0.15, 0.2) is 0 Å². The first-order valence-electron chi connectivity index (χ1n) is 5.14. The zero-order chi connectivity index (χ0) is 14.1. The number of nitrogens with one attached hydrogen (secondary N) is 1. The molecule has 0 radical (unpaired) electrons. The van der Waals surface area contributed by atoms with Crippen LogP contribution in [0.2, 0.25) is 0 Å². The van der Waals surface area contributed by atoms with Gasteiger partial charge in [0.1, 0.15) is 0 Å². The Morgan fingerprint density at radius 1 is 1.29 bits per heavy atom. The lowest BCUT2D eigenvalue weighted by Gasteiger charge is -2.22. The number of carboxylic acids is 1. The Bertz CT molecular complexity index is 242. The minimum Gasteiger partial charge on any atom is -0.548 e. The molecule has 0 heterocycles. The van der Waals surface area contributed by atoms with Gasteiger partial charge in [-0.3, -0.25) is 4.79 Å². The minimum atomic E-state index is -1.31. The lowest BCUT2D eigenvalue weighted by Crippen LogP contribution is -2.48. The van der Waals surface area contributed by atoms with Gasteiger partial charge in [0.25, 0.3) is 0 Å². The third-order valence-electron chi connectivity index (χ3n) is 1.62. The molecular weight excluding hydrogens is 260 g/mol. The molecule has 0 aromatic rings. The number of thiol groups is 2. The fourth-order valence-electron chi connectivity index (χ4n) is 0.724. The normalized spacial score (nSPS) is 12.1. The summed E-state index contributed by atoms with van der Waals surface area (Å²) in [7, 11) is 6.49. The summed E-state index contributed by atoms with van der Waals surface area (Å²) in [6, 6.07) is -0.985. The molecule has 0 aliphatic heterocycles. The molecule has 0 aliphatic carbocycles. The predicted molar refractivity (Wildman–Crippen MR) is 73.2 cm³/mol. The number of amides is 1. The Morgan fingerprint density at radius 3 is 1.82 bits per heavy atom. The number of nitrogens with zero attached hydrogens (tertiary/aromatic N) is 1. The van der Waals surface area contributed by atoms with Crippen molar-refractivity contribution in [2.45, 2.75) is 13.0 Å². The highest BCUT2D eigenvalue weighted by Crippen LogP contribution is 1.88. The largest absolute Gasteiger partial charge is 0.548 e. The van der Waals surface area contributed by atoms with Crippen LogP contribution in [0, 0.1) is 0 Å². The Balaban J connectivity index is 0. The molecule has 0 bridgehead atoms. The van der Waals surface area contributed by atoms with Gasteiger partial charge in [-0.2, -0.15) is 25.3 Å². The van der Waals surface area contributed by atoms with Gasteiger partial charge in [0.2, 0.25) is 5.91 Å². The SMILES string of the molecule is CC(=O)N[C@@H](CS)C(=O)[O-].C[N+](C)(C)CCS. The topological polar surface area (TPSA) is 69.2 Å². The molecule has 5 nitrogen and oxygen atoms in total. The molecule has 0 unspecified atom stereocenters. The first-order chi connectivity index (χ1) is 7.64. The van der Waals surface area contributed by atoms with Crippen LogP contribution in [-0.2, 0) is 9.59 Å². The number of carbonyl (C=O) groups is 2. The average Bonchev–Trinajstić information content (AvgIpc) is 2.12. The van der Waals surface area contributed by atoms with Crippen LogP contribution in [0.5, 0.6) is 0 Å². The van der Waals surface area contributed by atoms with Crippen molar-refractivity contribution >= 4 is 37.1 Å². The number of carboxylic acid groups (broad SMARTS) is 1. The van der Waals surface area contributed by atoms with Gasteiger partial charge < -0.3 is 19.7 Å². The summed E-state index contributed by atoms with van der Waals surface area (Å²) in [6.45, 7) is 2.38. The summed E-state index contributed by atoms with van der Waals surface area (Å²) in [5.74, 6) is -0.695. The number of hydrogen-bond acceptors (Lipinski definition) is 5. The highest BCUT2D eigenvalue weighted by Gasteiger charge is 2.07. The zero-order valence-corrected chi connectivity index (χ0v) is 12.6. The van der Waals surface area contributed by atoms with Crippen LogP contribution in [0.3, 0.4) is 0 Å². The molecule has 0 aromatic carbocycles. The fraction of sp³-hybridized carbons (Fsp3) is 0.800. The van der Waals surface area contributed by atoms with Crippen molar-refractivity contribution in [1.29, 1.82) is 0 Å². The van der Waals surface area contributed by atoms with Crippen LogP contribution >= 0.6 is 25.3 Å². The molecule has 7 heteroatoms. The Hall–Kier alpha value is -0.400. The van der Waals surface area contributed by atoms with Gasteiger partial charge >= 0.3 is 0 Å². The van der Waals surface area contributed by atoms with Crippen LogP contribution in [0.15, 0.2) is 0 Å². The number of quaternary nitrogens is 1. The molecular formula is C10H22N2O3S2. The van der Waals surface area contributed by atoms with Crippen molar-refractivity contribution in [3.63, 3.8) is 0 Å². The maximum absolute atomic E-state index is 10.3. The van der Waals surface area contributed by atoms with Gasteiger partial charge in [-0.1, -0.05) is 0 Å². The van der Waals surface area contributed by atoms with E-state index in [9.17, 15) is 14.7 Å². The first-order valence-corrected chi connectivity index (χ1v) is 6.40. The molecule has 17 heavy (non-hydrogen) atoms. The Kier molecular flexibility index (Phi) is 10.7. The quantitative estimate of drug-likeness (QED) is 0.438. The van der Waals surface area contributed by atoms with E-state index in [4.69, 9.17) is 0 Å². The number of carbonyl (C=O) groups excluding carboxylic acids is 2. The molecule has 1 amide bonds. The molecule has 1 atom stereocenters. The fourth-order valence-corrected chi connectivity index (χ4v) is 1.56. The van der Waals surface area contributed by atoms with Crippen LogP contribution in [0.1, 0.15) is 6.92 Å². The lowest BCUT2D eigenvalue weighted by atomic mass is 10.3. The van der Waals surface area contributed by atoms with E-state index >= 15 is 0 Å². The van der Waals surface area contributed by atoms with Crippen molar-refractivity contribution < 1.29 is 19.2 Å². The van der Waals surface area contributed by atoms with Crippen molar-refractivity contribution in [3.8, 4) is 0 Å². The molecule has 0 rings (SSSR count). The molecule has 1 N–H and O–H groups in total. The van der Waals surface area contributed by atoms with Crippen molar-refractivity contribution in [3.05, 3.63) is 0 Å². The lowest BCUT2D eigenvalue weighted by molar-refractivity contribution is -0.867. The van der Waals surface area contributed by atoms with Gasteiger partial charge in [0.05, 0.1) is 39.7 Å². The number of aliphatic carboxylic acids is 1. The second-order valence-corrected chi connectivity index (χ2v) is 5.30. The molecule has 102 valence electrons. The summed E-state index contributed by atoms with van der Waals surface area (Å²) in [5, 5.41) is 12.2. The van der Waals surface area contributed by atoms with Crippen LogP contribution in [0.25, 0.3) is 0 Å². The van der Waals surface area contributed by atoms with E-state index < -0.39 is 17.9 Å². The van der Waals surface area contributed by atoms with E-state index in [1.54, 1.807) is 0 Å². The second kappa shape index (κ2) is 9.61. The zero-order valence-electron chi connectivity index (χ0n) is 10.8. The molecule has 0 aliphatic rings. The van der Waals surface area contributed by atoms with Crippen molar-refractivity contribution in [2.75, 3.05) is 39.2 Å². The highest BCUT2D eigenvalue weighted by molar-refractivity contribution is 7.80. The van der Waals surface area contributed by atoms with E-state index in [0.29, 0.717) is 0 Å². The Labute approximate surface area is 114 Å². The number of rotatable bonds is 5. The molecule has 0 aromatic heterocycles. The van der Waals surface area contributed by atoms with Crippen LogP contribution in [0.4, 0.5) is 0 Å². The van der Waals surface area contributed by atoms with Gasteiger partial charge in [-0.05, 0) is 0 Å². The van der Waals surface area contributed by atoms with Crippen LogP contribution in [-0.4, -0.2) is 61.6 Å². The summed E-state index contributed by atoms with van der Waals surface area (Å²) < 4.78 is 1.02. The van der Waals surface area contributed by atoms with Gasteiger partial charge in [0, 0.05) is 18.4 Å². The van der Waals surface area contributed by atoms with E-state index in [-0.39, 0.29) is 5.75 Å². The summed E-state index contributed by atoms with van der Waals surface area (Å²) >= 11 is 7.79. The standard InChI is InChI=1S/C5H9NO3S.C5H13NS/c1-3(7)6-4(2-10)5(8)9;1-6(2,3)4-5-7/h4,10H,2H2,1H3,(H,6,7)(H,8,9);4-5H2,1-3H3/t4-;/m0./s1. The smallest absolute Gasteiger partial charge is 0.217 e. The van der Waals surface area contributed by atoms with Crippen molar-refractivity contribution in [1.82, 2.24) is 5.32 Å². The maximum atomic E-state index is 10.3. The summed E-state index contributed by atoms with van der Waals surface area (Å²) in [6.07, 6.45) is 0. The van der Waals surface area contributed by atoms with E-state index in [2.05, 4.69) is 51.7 Å². The third-order valence-corrected chi connectivity index (χ3v) is 2.18. The van der Waals surface area contributed by atoms with E-state index in [1.807, 2.05) is 0 Å². The predicted octanol–water partition coefficient (Wildman–Crippen LogP) is -1.21. The van der Waals surface area contributed by atoms with E-state index in [1.165, 1.54) is 6.92 Å². The molecule has 0 saturated carbocycles. The first kappa shape index (κ1) is 19.0. The second-order valence-electron chi connectivity index (χ2n) is 4.49. The average molecular weight is 282 g/mol. The monoisotopic (exact) mass is 282 g/mol. The van der Waals surface area contributed by atoms with Crippen LogP contribution < -0.4 is 10.4 Å². The van der Waals surface area contributed by atoms with Gasteiger partial charge in [-0.25, -0.2) is 0 Å². The maximum Gasteiger partial charge on any atom is 0.217 e. The minimum absolute atomic E-state index is 0.0436. The summed E-state index contributed by atoms with van der Waals surface area (Å²) in [4.78, 5) is 20.4. The third kappa shape index (κ3) is 15.6. The molecule has 0 spiro atoms. The Morgan fingerprint density at radius 2 is 1.76 bits per heavy atom. The summed E-state index contributed by atoms with van der Waals surface area (Å²) in [5.41, 5.74) is 0. The van der Waals surface area contributed by atoms with Crippen molar-refractivity contribution in [2.24, 2.45) is 0 Å². The molecule has 0 fully saturated rings.